The van der Waals surface area contributed by atoms with Crippen LogP contribution in [0.15, 0.2) is 42.5 Å². The lowest BCUT2D eigenvalue weighted by atomic mass is 10.1. The maximum absolute atomic E-state index is 13.7. The van der Waals surface area contributed by atoms with E-state index in [1.165, 1.54) is 6.07 Å². The van der Waals surface area contributed by atoms with E-state index in [4.69, 9.17) is 11.7 Å². The molecule has 3 heteroatoms. The number of nitriles is 1. The minimum Gasteiger partial charge on any atom is -0.381 e. The molecule has 2 rings (SSSR count). The number of benzene rings is 2. The van der Waals surface area contributed by atoms with E-state index in [-0.39, 0.29) is 5.82 Å². The van der Waals surface area contributed by atoms with Crippen LogP contribution in [0.5, 0.6) is 0 Å². The highest BCUT2D eigenvalue weighted by Crippen LogP contribution is 2.14. The zero-order chi connectivity index (χ0) is 13.7. The van der Waals surface area contributed by atoms with E-state index < -0.39 is 0 Å². The quantitative estimate of drug-likeness (QED) is 0.848. The van der Waals surface area contributed by atoms with Crippen LogP contribution in [0.3, 0.4) is 0 Å². The minimum absolute atomic E-state index is 0.315. The van der Waals surface area contributed by atoms with Crippen LogP contribution in [0.4, 0.5) is 10.1 Å². The van der Waals surface area contributed by atoms with Crippen LogP contribution in [0.1, 0.15) is 16.7 Å². The van der Waals surface area contributed by atoms with Crippen LogP contribution >= 0.6 is 0 Å². The number of rotatable bonds is 3. The predicted molar refractivity (Wildman–Crippen MR) is 72.8 cm³/mol. The Bertz CT molecular complexity index is 678. The van der Waals surface area contributed by atoms with Gasteiger partial charge in [0.05, 0.1) is 11.6 Å². The van der Waals surface area contributed by atoms with E-state index in [0.29, 0.717) is 17.7 Å². The number of nitrogens with zero attached hydrogens (tertiary/aromatic N) is 1. The Kier molecular flexibility index (Phi) is 3.81. The van der Waals surface area contributed by atoms with E-state index in [2.05, 4.69) is 11.2 Å². The van der Waals surface area contributed by atoms with Crippen LogP contribution in [0.25, 0.3) is 0 Å². The summed E-state index contributed by atoms with van der Waals surface area (Å²) >= 11 is 0. The summed E-state index contributed by atoms with van der Waals surface area (Å²) in [5.41, 5.74) is 2.42. The lowest BCUT2D eigenvalue weighted by Crippen LogP contribution is -2.02. The lowest BCUT2D eigenvalue weighted by molar-refractivity contribution is 0.612. The fraction of sp³-hybridized carbons (Fsp3) is 0.0625. The van der Waals surface area contributed by atoms with Gasteiger partial charge in [-0.15, -0.1) is 6.42 Å². The van der Waals surface area contributed by atoms with Crippen LogP contribution in [0.2, 0.25) is 0 Å². The Hall–Kier alpha value is -2.78. The standard InChI is InChI=1S/C16H11FN2/c1-2-12-4-3-5-15(8-12)19-11-14-7-6-13(10-18)9-16(14)17/h1,3-9,19H,11H2. The number of terminal acetylenes is 1. The van der Waals surface area contributed by atoms with Gasteiger partial charge in [0.15, 0.2) is 0 Å². The van der Waals surface area contributed by atoms with Crippen molar-refractivity contribution in [1.29, 1.82) is 5.26 Å². The van der Waals surface area contributed by atoms with Gasteiger partial charge in [-0.05, 0) is 30.3 Å². The molecule has 0 unspecified atom stereocenters. The van der Waals surface area contributed by atoms with Gasteiger partial charge >= 0.3 is 0 Å². The van der Waals surface area contributed by atoms with Crippen LogP contribution in [-0.4, -0.2) is 0 Å². The molecule has 19 heavy (non-hydrogen) atoms. The second-order valence-electron chi connectivity index (χ2n) is 4.00. The summed E-state index contributed by atoms with van der Waals surface area (Å²) in [6.45, 7) is 0.339. The van der Waals surface area contributed by atoms with Gasteiger partial charge in [0.1, 0.15) is 5.82 Å². The average Bonchev–Trinajstić information content (AvgIpc) is 2.46. The largest absolute Gasteiger partial charge is 0.381 e. The van der Waals surface area contributed by atoms with Crippen molar-refractivity contribution in [3.05, 3.63) is 65.0 Å². The van der Waals surface area contributed by atoms with Gasteiger partial charge in [-0.3, -0.25) is 0 Å². The number of hydrogen-bond donors (Lipinski definition) is 1. The lowest BCUT2D eigenvalue weighted by Gasteiger charge is -2.08. The molecular weight excluding hydrogens is 239 g/mol. The fourth-order valence-corrected chi connectivity index (χ4v) is 1.68. The molecule has 0 aromatic heterocycles. The molecule has 0 amide bonds. The smallest absolute Gasteiger partial charge is 0.129 e. The van der Waals surface area contributed by atoms with E-state index in [1.807, 2.05) is 30.3 Å². The van der Waals surface area contributed by atoms with Crippen molar-refractivity contribution in [2.24, 2.45) is 0 Å². The van der Waals surface area contributed by atoms with Crippen molar-refractivity contribution in [1.82, 2.24) is 0 Å². The number of hydrogen-bond acceptors (Lipinski definition) is 2. The molecule has 0 spiro atoms. The molecule has 0 bridgehead atoms. The average molecular weight is 250 g/mol. The van der Waals surface area contributed by atoms with E-state index in [0.717, 1.165) is 11.3 Å². The van der Waals surface area contributed by atoms with Crippen molar-refractivity contribution in [2.75, 3.05) is 5.32 Å². The highest BCUT2D eigenvalue weighted by molar-refractivity contribution is 5.50. The summed E-state index contributed by atoms with van der Waals surface area (Å²) < 4.78 is 13.7. The predicted octanol–water partition coefficient (Wildman–Crippen LogP) is 3.29. The van der Waals surface area contributed by atoms with Crippen molar-refractivity contribution in [3.63, 3.8) is 0 Å². The third-order valence-corrected chi connectivity index (χ3v) is 2.69. The minimum atomic E-state index is -0.389. The molecule has 0 fully saturated rings. The summed E-state index contributed by atoms with van der Waals surface area (Å²) in [6, 6.07) is 13.7. The molecule has 1 N–H and O–H groups in total. The zero-order valence-corrected chi connectivity index (χ0v) is 10.2. The van der Waals surface area contributed by atoms with Crippen LogP contribution in [-0.2, 0) is 6.54 Å². The Morgan fingerprint density at radius 1 is 1.16 bits per heavy atom. The molecule has 0 aliphatic heterocycles. The molecule has 0 radical (unpaired) electrons. The van der Waals surface area contributed by atoms with Crippen molar-refractivity contribution < 1.29 is 4.39 Å². The van der Waals surface area contributed by atoms with E-state index in [9.17, 15) is 4.39 Å². The molecule has 0 saturated carbocycles. The molecule has 0 atom stereocenters. The number of nitrogens with one attached hydrogen (secondary N) is 1. The molecular formula is C16H11FN2. The molecule has 2 aromatic carbocycles. The fourth-order valence-electron chi connectivity index (χ4n) is 1.68. The van der Waals surface area contributed by atoms with Gasteiger partial charge in [-0.1, -0.05) is 18.1 Å². The van der Waals surface area contributed by atoms with Gasteiger partial charge in [-0.2, -0.15) is 5.26 Å². The van der Waals surface area contributed by atoms with Crippen LogP contribution < -0.4 is 5.32 Å². The Morgan fingerprint density at radius 3 is 2.68 bits per heavy atom. The van der Waals surface area contributed by atoms with Crippen molar-refractivity contribution in [2.45, 2.75) is 6.54 Å². The first kappa shape index (κ1) is 12.7. The number of anilines is 1. The van der Waals surface area contributed by atoms with Gasteiger partial charge in [0, 0.05) is 23.4 Å². The Morgan fingerprint density at radius 2 is 2.00 bits per heavy atom. The highest BCUT2D eigenvalue weighted by atomic mass is 19.1. The van der Waals surface area contributed by atoms with Gasteiger partial charge in [0.25, 0.3) is 0 Å². The summed E-state index contributed by atoms with van der Waals surface area (Å²) in [5, 5.41) is 11.8. The summed E-state index contributed by atoms with van der Waals surface area (Å²) in [6.07, 6.45) is 5.31. The first-order chi connectivity index (χ1) is 9.22. The normalized spacial score (nSPS) is 9.42. The van der Waals surface area contributed by atoms with Crippen molar-refractivity contribution in [3.8, 4) is 18.4 Å². The molecule has 0 aliphatic carbocycles. The molecule has 0 saturated heterocycles. The molecule has 0 heterocycles. The second-order valence-corrected chi connectivity index (χ2v) is 4.00. The third kappa shape index (κ3) is 3.12. The molecule has 92 valence electrons. The SMILES string of the molecule is C#Cc1cccc(NCc2ccc(C#N)cc2F)c1. The first-order valence-corrected chi connectivity index (χ1v) is 5.72. The third-order valence-electron chi connectivity index (χ3n) is 2.69. The second kappa shape index (κ2) is 5.71. The van der Waals surface area contributed by atoms with Gasteiger partial charge in [0.2, 0.25) is 0 Å². The maximum atomic E-state index is 13.7. The van der Waals surface area contributed by atoms with E-state index >= 15 is 0 Å². The van der Waals surface area contributed by atoms with Crippen molar-refractivity contribution >= 4 is 5.69 Å². The highest BCUT2D eigenvalue weighted by Gasteiger charge is 2.03. The Labute approximate surface area is 111 Å². The van der Waals surface area contributed by atoms with Gasteiger partial charge in [-0.25, -0.2) is 4.39 Å². The first-order valence-electron chi connectivity index (χ1n) is 5.72. The molecule has 0 aliphatic rings. The molecule has 2 aromatic rings. The van der Waals surface area contributed by atoms with Crippen LogP contribution in [0, 0.1) is 29.5 Å². The summed E-state index contributed by atoms with van der Waals surface area (Å²) in [7, 11) is 0. The van der Waals surface area contributed by atoms with Gasteiger partial charge < -0.3 is 5.32 Å². The zero-order valence-electron chi connectivity index (χ0n) is 10.2. The number of halogens is 1. The molecule has 2 nitrogen and oxygen atoms in total. The summed E-state index contributed by atoms with van der Waals surface area (Å²) in [5.74, 6) is 2.15. The maximum Gasteiger partial charge on any atom is 0.129 e. The monoisotopic (exact) mass is 250 g/mol. The summed E-state index contributed by atoms with van der Waals surface area (Å²) in [4.78, 5) is 0. The topological polar surface area (TPSA) is 35.8 Å². The Balaban J connectivity index is 2.11. The van der Waals surface area contributed by atoms with E-state index in [1.54, 1.807) is 12.1 Å².